The van der Waals surface area contributed by atoms with E-state index in [1.807, 2.05) is 17.5 Å². The van der Waals surface area contributed by atoms with Crippen LogP contribution in [-0.4, -0.2) is 34.8 Å². The molecule has 3 heterocycles. The third kappa shape index (κ3) is 5.43. The number of methoxy groups -OCH3 is 1. The summed E-state index contributed by atoms with van der Waals surface area (Å²) in [6.45, 7) is 4.10. The van der Waals surface area contributed by atoms with E-state index in [1.165, 1.54) is 34.4 Å². The van der Waals surface area contributed by atoms with Crippen molar-refractivity contribution >= 4 is 56.9 Å². The molecule has 0 radical (unpaired) electrons. The number of carbonyl (C=O) groups is 2. The highest BCUT2D eigenvalue weighted by molar-refractivity contribution is 8.01. The molecule has 1 aliphatic carbocycles. The molecule has 39 heavy (non-hydrogen) atoms. The van der Waals surface area contributed by atoms with Gasteiger partial charge in [0, 0.05) is 28.3 Å². The van der Waals surface area contributed by atoms with Crippen LogP contribution in [-0.2, 0) is 9.59 Å². The van der Waals surface area contributed by atoms with Gasteiger partial charge in [0.1, 0.15) is 11.6 Å². The molecule has 5 rings (SSSR count). The first-order chi connectivity index (χ1) is 18.7. The highest BCUT2D eigenvalue weighted by atomic mass is 32.2. The van der Waals surface area contributed by atoms with E-state index in [-0.39, 0.29) is 28.7 Å². The quantitative estimate of drug-likeness (QED) is 0.359. The zero-order valence-electron chi connectivity index (χ0n) is 21.6. The minimum atomic E-state index is -0.492. The van der Waals surface area contributed by atoms with E-state index in [0.717, 1.165) is 10.6 Å². The lowest BCUT2D eigenvalue weighted by molar-refractivity contribution is -0.118. The van der Waals surface area contributed by atoms with E-state index in [2.05, 4.69) is 35.4 Å². The summed E-state index contributed by atoms with van der Waals surface area (Å²) in [5, 5.41) is 24.0. The number of carbonyl (C=O) groups excluding carboxylic acids is 2. The molecule has 0 fully saturated rings. The van der Waals surface area contributed by atoms with Crippen molar-refractivity contribution in [1.82, 2.24) is 10.2 Å². The number of rotatable bonds is 7. The molecule has 2 aromatic heterocycles. The Balaban J connectivity index is 1.41. The van der Waals surface area contributed by atoms with E-state index in [9.17, 15) is 14.9 Å². The van der Waals surface area contributed by atoms with E-state index < -0.39 is 5.92 Å². The number of benzene rings is 1. The third-order valence-corrected chi connectivity index (χ3v) is 9.48. The van der Waals surface area contributed by atoms with Crippen LogP contribution in [0.2, 0.25) is 0 Å². The smallest absolute Gasteiger partial charge is 0.234 e. The molecule has 9 nitrogen and oxygen atoms in total. The minimum absolute atomic E-state index is 0.0132. The van der Waals surface area contributed by atoms with Gasteiger partial charge in [-0.1, -0.05) is 43.0 Å². The molecule has 0 saturated heterocycles. The lowest BCUT2D eigenvalue weighted by atomic mass is 9.70. The van der Waals surface area contributed by atoms with Crippen molar-refractivity contribution in [2.24, 2.45) is 11.1 Å². The Morgan fingerprint density at radius 2 is 2.05 bits per heavy atom. The van der Waals surface area contributed by atoms with Gasteiger partial charge in [-0.3, -0.25) is 14.5 Å². The number of thioether (sulfide) groups is 1. The lowest BCUT2D eigenvalue weighted by Crippen LogP contribution is -2.42. The number of amides is 1. The van der Waals surface area contributed by atoms with Crippen molar-refractivity contribution in [2.75, 3.05) is 23.1 Å². The molecule has 0 saturated carbocycles. The van der Waals surface area contributed by atoms with Gasteiger partial charge in [0.05, 0.1) is 30.4 Å². The first-order valence-corrected chi connectivity index (χ1v) is 14.8. The van der Waals surface area contributed by atoms with Crippen LogP contribution in [0.4, 0.5) is 10.8 Å². The zero-order valence-corrected chi connectivity index (χ0v) is 24.0. The number of thiophene rings is 1. The number of ketones is 1. The first kappa shape index (κ1) is 26.9. The minimum Gasteiger partial charge on any atom is -0.497 e. The number of nitrogens with zero attached hydrogens (tertiary/aromatic N) is 4. The number of aromatic nitrogens is 2. The summed E-state index contributed by atoms with van der Waals surface area (Å²) in [6, 6.07) is 13.2. The first-order valence-electron chi connectivity index (χ1n) is 12.1. The maximum atomic E-state index is 13.5. The standard InChI is InChI=1S/C27H26N6O3S3/c1-27(2)11-18-23(19(34)12-27)22(20-5-4-10-37-20)17(13-28)24(29)33(18)25-31-32-26(39-25)38-14-21(35)30-15-6-8-16(36-3)9-7-15/h4-10,22H,11-12,14,29H2,1-3H3,(H,30,35). The molecule has 200 valence electrons. The van der Waals surface area contributed by atoms with Gasteiger partial charge in [-0.05, 0) is 47.5 Å². The molecular weight excluding hydrogens is 553 g/mol. The van der Waals surface area contributed by atoms with Gasteiger partial charge in [0.2, 0.25) is 11.0 Å². The van der Waals surface area contributed by atoms with Crippen molar-refractivity contribution in [3.8, 4) is 11.8 Å². The predicted octanol–water partition coefficient (Wildman–Crippen LogP) is 5.28. The molecule has 0 spiro atoms. The summed E-state index contributed by atoms with van der Waals surface area (Å²) in [4.78, 5) is 28.7. The SMILES string of the molecule is COc1ccc(NC(=O)CSc2nnc(N3C(N)=C(C#N)C(c4cccs4)C4=C3CC(C)(C)CC4=O)s2)cc1. The second kappa shape index (κ2) is 10.8. The number of nitrogens with two attached hydrogens (primary N) is 1. The van der Waals surface area contributed by atoms with Crippen LogP contribution in [0.15, 0.2) is 68.8 Å². The molecule has 1 aromatic carbocycles. The van der Waals surface area contributed by atoms with E-state index in [1.54, 1.807) is 36.3 Å². The predicted molar refractivity (Wildman–Crippen MR) is 154 cm³/mol. The Morgan fingerprint density at radius 1 is 1.28 bits per heavy atom. The summed E-state index contributed by atoms with van der Waals surface area (Å²) in [5.41, 5.74) is 8.72. The van der Waals surface area contributed by atoms with E-state index >= 15 is 0 Å². The highest BCUT2D eigenvalue weighted by Crippen LogP contribution is 2.51. The van der Waals surface area contributed by atoms with E-state index in [0.29, 0.717) is 44.9 Å². The molecular formula is C27H26N6O3S3. The molecule has 1 aliphatic heterocycles. The molecule has 0 bridgehead atoms. The zero-order chi connectivity index (χ0) is 27.7. The van der Waals surface area contributed by atoms with Crippen molar-refractivity contribution in [3.63, 3.8) is 0 Å². The van der Waals surface area contributed by atoms with Crippen LogP contribution in [0, 0.1) is 16.7 Å². The van der Waals surface area contributed by atoms with Crippen LogP contribution < -0.4 is 20.7 Å². The topological polar surface area (TPSA) is 134 Å². The number of hydrogen-bond donors (Lipinski definition) is 2. The molecule has 3 N–H and O–H groups in total. The van der Waals surface area contributed by atoms with Gasteiger partial charge in [0.25, 0.3) is 0 Å². The number of anilines is 2. The summed E-state index contributed by atoms with van der Waals surface area (Å²) in [5.74, 6) is 0.430. The highest BCUT2D eigenvalue weighted by Gasteiger charge is 2.45. The summed E-state index contributed by atoms with van der Waals surface area (Å²) < 4.78 is 5.72. The molecule has 1 amide bonds. The van der Waals surface area contributed by atoms with Gasteiger partial charge >= 0.3 is 0 Å². The monoisotopic (exact) mass is 578 g/mol. The molecule has 12 heteroatoms. The second-order valence-electron chi connectivity index (χ2n) is 9.91. The summed E-state index contributed by atoms with van der Waals surface area (Å²) >= 11 is 4.03. The van der Waals surface area contributed by atoms with Gasteiger partial charge in [-0.2, -0.15) is 5.26 Å². The van der Waals surface area contributed by atoms with Crippen molar-refractivity contribution in [1.29, 1.82) is 5.26 Å². The second-order valence-corrected chi connectivity index (χ2v) is 13.1. The van der Waals surface area contributed by atoms with Gasteiger partial charge < -0.3 is 15.8 Å². The Hall–Kier alpha value is -3.66. The van der Waals surface area contributed by atoms with Crippen LogP contribution >= 0.6 is 34.4 Å². The number of allylic oxidation sites excluding steroid dienone is 3. The van der Waals surface area contributed by atoms with Gasteiger partial charge in [-0.15, -0.1) is 21.5 Å². The van der Waals surface area contributed by atoms with Crippen LogP contribution in [0.1, 0.15) is 37.5 Å². The maximum Gasteiger partial charge on any atom is 0.234 e. The molecule has 2 aliphatic rings. The fourth-order valence-corrected chi connectivity index (χ4v) is 7.34. The average Bonchev–Trinajstić information content (AvgIpc) is 3.59. The van der Waals surface area contributed by atoms with Crippen LogP contribution in [0.3, 0.4) is 0 Å². The molecule has 1 unspecified atom stereocenters. The Morgan fingerprint density at radius 3 is 2.72 bits per heavy atom. The largest absolute Gasteiger partial charge is 0.497 e. The number of nitrogens with one attached hydrogen (secondary N) is 1. The normalized spacial score (nSPS) is 18.6. The number of hydrogen-bond acceptors (Lipinski definition) is 11. The fraction of sp³-hybridized carbons (Fsp3) is 0.296. The van der Waals surface area contributed by atoms with Gasteiger partial charge in [-0.25, -0.2) is 0 Å². The maximum absolute atomic E-state index is 13.5. The van der Waals surface area contributed by atoms with Crippen LogP contribution in [0.25, 0.3) is 0 Å². The number of Topliss-reactive ketones (excluding diaryl/α,β-unsaturated/α-hetero) is 1. The number of nitriles is 1. The van der Waals surface area contributed by atoms with Crippen molar-refractivity contribution < 1.29 is 14.3 Å². The van der Waals surface area contributed by atoms with Gasteiger partial charge in [0.15, 0.2) is 10.1 Å². The average molecular weight is 579 g/mol. The molecule has 1 atom stereocenters. The molecule has 3 aromatic rings. The fourth-order valence-electron chi connectivity index (χ4n) is 4.82. The van der Waals surface area contributed by atoms with Crippen LogP contribution in [0.5, 0.6) is 5.75 Å². The summed E-state index contributed by atoms with van der Waals surface area (Å²) in [7, 11) is 1.58. The Labute approximate surface area is 238 Å². The number of ether oxygens (including phenoxy) is 1. The third-order valence-electron chi connectivity index (χ3n) is 6.50. The Bertz CT molecular complexity index is 1520. The van der Waals surface area contributed by atoms with E-state index in [4.69, 9.17) is 10.5 Å². The summed E-state index contributed by atoms with van der Waals surface area (Å²) in [6.07, 6.45) is 0.988. The Kier molecular flexibility index (Phi) is 7.48. The lowest BCUT2D eigenvalue weighted by Gasteiger charge is -2.42. The van der Waals surface area contributed by atoms with Crippen molar-refractivity contribution in [3.05, 3.63) is 69.3 Å². The van der Waals surface area contributed by atoms with Crippen molar-refractivity contribution in [2.45, 2.75) is 36.9 Å².